The zero-order valence-electron chi connectivity index (χ0n) is 15.1. The fourth-order valence-electron chi connectivity index (χ4n) is 3.89. The van der Waals surface area contributed by atoms with E-state index in [-0.39, 0.29) is 11.5 Å². The fourth-order valence-corrected chi connectivity index (χ4v) is 5.02. The topological polar surface area (TPSA) is 69.6 Å². The van der Waals surface area contributed by atoms with E-state index in [1.165, 1.54) is 22.5 Å². The van der Waals surface area contributed by atoms with Gasteiger partial charge in [-0.05, 0) is 54.0 Å². The molecule has 3 aromatic rings. The Kier molecular flexibility index (Phi) is 5.40. The number of hydrogen-bond acceptors (Lipinski definition) is 4. The van der Waals surface area contributed by atoms with E-state index in [0.29, 0.717) is 22.0 Å². The number of aromatic carboxylic acids is 1. The highest BCUT2D eigenvalue weighted by Crippen LogP contribution is 2.39. The number of hydrogen-bond donors (Lipinski definition) is 3. The molecule has 1 heterocycles. The van der Waals surface area contributed by atoms with Crippen molar-refractivity contribution in [1.82, 2.24) is 0 Å². The number of carboxylic acid groups (broad SMARTS) is 1. The van der Waals surface area contributed by atoms with E-state index in [2.05, 4.69) is 17.4 Å². The lowest BCUT2D eigenvalue weighted by atomic mass is 9.97. The van der Waals surface area contributed by atoms with Crippen LogP contribution in [0.15, 0.2) is 53.9 Å². The van der Waals surface area contributed by atoms with Gasteiger partial charge in [0, 0.05) is 16.0 Å². The minimum atomic E-state index is -1.02. The zero-order valence-corrected chi connectivity index (χ0v) is 16.6. The molecule has 2 atom stereocenters. The zero-order chi connectivity index (χ0) is 19.7. The minimum absolute atomic E-state index is 0.179. The number of halogens is 1. The van der Waals surface area contributed by atoms with Crippen LogP contribution in [0.25, 0.3) is 11.1 Å². The predicted molar refractivity (Wildman–Crippen MR) is 113 cm³/mol. The molecule has 0 radical (unpaired) electrons. The third-order valence-electron chi connectivity index (χ3n) is 5.22. The molecule has 28 heavy (non-hydrogen) atoms. The molecular weight excluding hydrogens is 394 g/mol. The van der Waals surface area contributed by atoms with Gasteiger partial charge in [0.15, 0.2) is 0 Å². The van der Waals surface area contributed by atoms with Gasteiger partial charge < -0.3 is 15.5 Å². The molecule has 6 heteroatoms. The maximum Gasteiger partial charge on any atom is 0.339 e. The Bertz CT molecular complexity index is 999. The van der Waals surface area contributed by atoms with Crippen molar-refractivity contribution in [3.63, 3.8) is 0 Å². The van der Waals surface area contributed by atoms with Gasteiger partial charge in [0.05, 0.1) is 0 Å². The maximum absolute atomic E-state index is 11.9. The van der Waals surface area contributed by atoms with Crippen molar-refractivity contribution in [3.8, 4) is 11.1 Å². The molecule has 3 N–H and O–H groups in total. The minimum Gasteiger partial charge on any atom is -0.478 e. The average Bonchev–Trinajstić information content (AvgIpc) is 3.27. The van der Waals surface area contributed by atoms with Gasteiger partial charge >= 0.3 is 5.97 Å². The summed E-state index contributed by atoms with van der Waals surface area (Å²) in [6.07, 6.45) is 1.76. The van der Waals surface area contributed by atoms with E-state index in [0.717, 1.165) is 18.4 Å². The largest absolute Gasteiger partial charge is 0.478 e. The van der Waals surface area contributed by atoms with Crippen molar-refractivity contribution in [2.24, 2.45) is 0 Å². The Morgan fingerprint density at radius 3 is 2.71 bits per heavy atom. The highest BCUT2D eigenvalue weighted by Gasteiger charge is 2.26. The average molecular weight is 414 g/mol. The Morgan fingerprint density at radius 1 is 1.21 bits per heavy atom. The van der Waals surface area contributed by atoms with Crippen LogP contribution in [0.3, 0.4) is 0 Å². The van der Waals surface area contributed by atoms with Crippen LogP contribution < -0.4 is 5.32 Å². The summed E-state index contributed by atoms with van der Waals surface area (Å²) in [7, 11) is 0. The summed E-state index contributed by atoms with van der Waals surface area (Å²) in [4.78, 5) is 11.9. The lowest BCUT2D eigenvalue weighted by Crippen LogP contribution is -2.21. The van der Waals surface area contributed by atoms with Gasteiger partial charge in [-0.3, -0.25) is 0 Å². The SMILES string of the molecule is O=C(O)c1c(-c2ccc(Cl)cc2)csc1NC(O)CC1CCc2ccccc21. The van der Waals surface area contributed by atoms with Crippen LogP contribution in [0.1, 0.15) is 40.2 Å². The Labute approximate surface area is 172 Å². The molecule has 0 fully saturated rings. The van der Waals surface area contributed by atoms with Crippen molar-refractivity contribution in [2.75, 3.05) is 5.32 Å². The van der Waals surface area contributed by atoms with E-state index in [9.17, 15) is 15.0 Å². The Hall–Kier alpha value is -2.34. The number of carbonyl (C=O) groups is 1. The first-order chi connectivity index (χ1) is 13.5. The lowest BCUT2D eigenvalue weighted by Gasteiger charge is -2.18. The second kappa shape index (κ2) is 7.95. The summed E-state index contributed by atoms with van der Waals surface area (Å²) in [6.45, 7) is 0. The number of aryl methyl sites for hydroxylation is 1. The van der Waals surface area contributed by atoms with Gasteiger partial charge in [-0.1, -0.05) is 48.0 Å². The van der Waals surface area contributed by atoms with E-state index < -0.39 is 12.2 Å². The molecule has 0 amide bonds. The molecule has 4 rings (SSSR count). The van der Waals surface area contributed by atoms with E-state index >= 15 is 0 Å². The van der Waals surface area contributed by atoms with Crippen LogP contribution in [-0.2, 0) is 6.42 Å². The van der Waals surface area contributed by atoms with Crippen LogP contribution in [0.2, 0.25) is 5.02 Å². The first-order valence-electron chi connectivity index (χ1n) is 9.16. The van der Waals surface area contributed by atoms with Crippen molar-refractivity contribution in [3.05, 3.63) is 75.6 Å². The van der Waals surface area contributed by atoms with Crippen molar-refractivity contribution in [2.45, 2.75) is 31.4 Å². The molecule has 1 aliphatic carbocycles. The van der Waals surface area contributed by atoms with Crippen LogP contribution in [0, 0.1) is 0 Å². The number of benzene rings is 2. The second-order valence-corrected chi connectivity index (χ2v) is 8.31. The number of rotatable bonds is 6. The standard InChI is InChI=1S/C22H20ClNO3S/c23-16-9-7-14(8-10-16)18-12-28-21(20(18)22(26)27)24-19(25)11-15-6-5-13-3-1-2-4-17(13)15/h1-4,7-10,12,15,19,24-25H,5-6,11H2,(H,26,27). The molecule has 2 aromatic carbocycles. The predicted octanol–water partition coefficient (Wildman–Crippen LogP) is 5.62. The van der Waals surface area contributed by atoms with Gasteiger partial charge in [0.25, 0.3) is 0 Å². The monoisotopic (exact) mass is 413 g/mol. The number of fused-ring (bicyclic) bond motifs is 1. The summed E-state index contributed by atoms with van der Waals surface area (Å²) in [5, 5.41) is 26.2. The second-order valence-electron chi connectivity index (χ2n) is 7.00. The van der Waals surface area contributed by atoms with Gasteiger partial charge in [-0.2, -0.15) is 0 Å². The molecule has 0 bridgehead atoms. The van der Waals surface area contributed by atoms with Gasteiger partial charge in [-0.25, -0.2) is 4.79 Å². The quantitative estimate of drug-likeness (QED) is 0.459. The Balaban J connectivity index is 1.53. The molecular formula is C22H20ClNO3S. The third kappa shape index (κ3) is 3.78. The normalized spacial score (nSPS) is 16.6. The lowest BCUT2D eigenvalue weighted by molar-refractivity contribution is 0.0699. The summed E-state index contributed by atoms with van der Waals surface area (Å²) >= 11 is 7.22. The summed E-state index contributed by atoms with van der Waals surface area (Å²) in [6, 6.07) is 15.4. The van der Waals surface area contributed by atoms with Crippen molar-refractivity contribution in [1.29, 1.82) is 0 Å². The van der Waals surface area contributed by atoms with Gasteiger partial charge in [0.1, 0.15) is 16.8 Å². The maximum atomic E-state index is 11.9. The summed E-state index contributed by atoms with van der Waals surface area (Å²) in [5.74, 6) is -0.741. The van der Waals surface area contributed by atoms with Gasteiger partial charge in [-0.15, -0.1) is 11.3 Å². The van der Waals surface area contributed by atoms with E-state index in [4.69, 9.17) is 11.6 Å². The molecule has 0 aliphatic heterocycles. The number of nitrogens with one attached hydrogen (secondary N) is 1. The van der Waals surface area contributed by atoms with Crippen LogP contribution in [-0.4, -0.2) is 22.4 Å². The fraction of sp³-hybridized carbons (Fsp3) is 0.227. The molecule has 0 spiro atoms. The van der Waals surface area contributed by atoms with Gasteiger partial charge in [0.2, 0.25) is 0 Å². The van der Waals surface area contributed by atoms with Crippen LogP contribution in [0.5, 0.6) is 0 Å². The van der Waals surface area contributed by atoms with Crippen LogP contribution >= 0.6 is 22.9 Å². The summed E-state index contributed by atoms with van der Waals surface area (Å²) in [5.41, 5.74) is 4.21. The molecule has 2 unspecified atom stereocenters. The molecule has 4 nitrogen and oxygen atoms in total. The molecule has 0 saturated carbocycles. The number of anilines is 1. The molecule has 144 valence electrons. The van der Waals surface area contributed by atoms with E-state index in [1.54, 1.807) is 29.6 Å². The highest BCUT2D eigenvalue weighted by molar-refractivity contribution is 7.15. The van der Waals surface area contributed by atoms with Crippen molar-refractivity contribution < 1.29 is 15.0 Å². The highest BCUT2D eigenvalue weighted by atomic mass is 35.5. The number of thiophene rings is 1. The summed E-state index contributed by atoms with van der Waals surface area (Å²) < 4.78 is 0. The van der Waals surface area contributed by atoms with Crippen LogP contribution in [0.4, 0.5) is 5.00 Å². The van der Waals surface area contributed by atoms with Crippen molar-refractivity contribution >= 4 is 33.9 Å². The third-order valence-corrected chi connectivity index (χ3v) is 6.39. The molecule has 0 saturated heterocycles. The van der Waals surface area contributed by atoms with E-state index in [1.807, 2.05) is 12.1 Å². The first kappa shape index (κ1) is 19.0. The Morgan fingerprint density at radius 2 is 1.96 bits per heavy atom. The smallest absolute Gasteiger partial charge is 0.339 e. The molecule has 1 aromatic heterocycles. The number of aliphatic hydroxyl groups excluding tert-OH is 1. The number of carboxylic acids is 1. The first-order valence-corrected chi connectivity index (χ1v) is 10.4. The number of aliphatic hydroxyl groups is 1. The molecule has 1 aliphatic rings.